The number of nitrogens with one attached hydrogen (secondary N) is 1. The lowest BCUT2D eigenvalue weighted by Crippen LogP contribution is -2.15. The third kappa shape index (κ3) is 5.90. The Morgan fingerprint density at radius 2 is 1.97 bits per heavy atom. The van der Waals surface area contributed by atoms with E-state index < -0.39 is 17.7 Å². The van der Waals surface area contributed by atoms with Gasteiger partial charge in [0.25, 0.3) is 0 Å². The number of halogens is 2. The zero-order valence-electron chi connectivity index (χ0n) is 20.2. The standard InChI is InChI=1S/C25H25F2N5O2S2/c1-5-32-23(16(4)34-21-9-8-18(26)11-19(21)27)30-31-25(32)36-13-22(33)29-24-28-20(12-35-24)17-7-6-14(2)15(3)10-17/h6-12,16H,5,13H2,1-4H3,(H,28,29,33). The molecule has 0 saturated heterocycles. The maximum Gasteiger partial charge on any atom is 0.236 e. The minimum absolute atomic E-state index is 0.0771. The number of thioether (sulfide) groups is 1. The quantitative estimate of drug-likeness (QED) is 0.261. The number of carbonyl (C=O) groups is 1. The van der Waals surface area contributed by atoms with E-state index in [0.29, 0.717) is 22.7 Å². The summed E-state index contributed by atoms with van der Waals surface area (Å²) < 4.78 is 34.6. The Morgan fingerprint density at radius 3 is 2.69 bits per heavy atom. The number of aryl methyl sites for hydroxylation is 2. The van der Waals surface area contributed by atoms with Crippen molar-refractivity contribution < 1.29 is 18.3 Å². The molecule has 0 spiro atoms. The second-order valence-corrected chi connectivity index (χ2v) is 9.89. The average molecular weight is 530 g/mol. The molecule has 0 aliphatic heterocycles. The first-order valence-corrected chi connectivity index (χ1v) is 13.1. The molecule has 0 fully saturated rings. The third-order valence-electron chi connectivity index (χ3n) is 5.51. The molecule has 0 radical (unpaired) electrons. The van der Waals surface area contributed by atoms with Gasteiger partial charge in [-0.3, -0.25) is 4.79 Å². The van der Waals surface area contributed by atoms with Gasteiger partial charge in [0.1, 0.15) is 5.82 Å². The first-order valence-electron chi connectivity index (χ1n) is 11.3. The van der Waals surface area contributed by atoms with Crippen molar-refractivity contribution in [1.29, 1.82) is 0 Å². The van der Waals surface area contributed by atoms with E-state index in [1.54, 1.807) is 11.5 Å². The molecule has 0 bridgehead atoms. The Kier molecular flexibility index (Phi) is 8.00. The Bertz CT molecular complexity index is 1390. The number of hydrogen-bond donors (Lipinski definition) is 1. The maximum atomic E-state index is 14.0. The van der Waals surface area contributed by atoms with Crippen LogP contribution in [0.2, 0.25) is 0 Å². The van der Waals surface area contributed by atoms with Crippen molar-refractivity contribution in [3.63, 3.8) is 0 Å². The zero-order chi connectivity index (χ0) is 25.8. The molecule has 1 amide bonds. The number of aromatic nitrogens is 4. The number of carbonyl (C=O) groups excluding carboxylic acids is 1. The number of benzene rings is 2. The predicted molar refractivity (Wildman–Crippen MR) is 137 cm³/mol. The van der Waals surface area contributed by atoms with Crippen molar-refractivity contribution in [3.8, 4) is 17.0 Å². The van der Waals surface area contributed by atoms with Crippen LogP contribution >= 0.6 is 23.1 Å². The van der Waals surface area contributed by atoms with E-state index in [2.05, 4.69) is 46.5 Å². The minimum atomic E-state index is -0.793. The number of hydrogen-bond acceptors (Lipinski definition) is 7. The normalized spacial score (nSPS) is 11.9. The molecule has 4 rings (SSSR count). The van der Waals surface area contributed by atoms with Gasteiger partial charge in [-0.25, -0.2) is 13.8 Å². The molecule has 2 heterocycles. The Balaban J connectivity index is 1.37. The van der Waals surface area contributed by atoms with Crippen LogP contribution in [-0.2, 0) is 11.3 Å². The van der Waals surface area contributed by atoms with Gasteiger partial charge in [0.2, 0.25) is 5.91 Å². The van der Waals surface area contributed by atoms with Gasteiger partial charge in [-0.2, -0.15) is 0 Å². The molecule has 0 aliphatic rings. The Labute approximate surface area is 215 Å². The third-order valence-corrected chi connectivity index (χ3v) is 7.23. The van der Waals surface area contributed by atoms with E-state index in [0.717, 1.165) is 23.4 Å². The minimum Gasteiger partial charge on any atom is -0.480 e. The number of amides is 1. The van der Waals surface area contributed by atoms with Gasteiger partial charge in [0.15, 0.2) is 33.8 Å². The molecule has 2 aromatic carbocycles. The monoisotopic (exact) mass is 529 g/mol. The highest BCUT2D eigenvalue weighted by Gasteiger charge is 2.21. The van der Waals surface area contributed by atoms with Gasteiger partial charge in [-0.15, -0.1) is 21.5 Å². The zero-order valence-corrected chi connectivity index (χ0v) is 21.8. The van der Waals surface area contributed by atoms with E-state index in [4.69, 9.17) is 4.74 Å². The lowest BCUT2D eigenvalue weighted by atomic mass is 10.1. The van der Waals surface area contributed by atoms with E-state index in [1.165, 1.54) is 40.3 Å². The Hall–Kier alpha value is -3.31. The molecular formula is C25H25F2N5O2S2. The lowest BCUT2D eigenvalue weighted by molar-refractivity contribution is -0.113. The molecule has 1 unspecified atom stereocenters. The first kappa shape index (κ1) is 25.8. The molecule has 188 valence electrons. The lowest BCUT2D eigenvalue weighted by Gasteiger charge is -2.16. The molecule has 11 heteroatoms. The predicted octanol–water partition coefficient (Wildman–Crippen LogP) is 6.19. The summed E-state index contributed by atoms with van der Waals surface area (Å²) in [5, 5.41) is 14.1. The largest absolute Gasteiger partial charge is 0.480 e. The van der Waals surface area contributed by atoms with Crippen LogP contribution in [-0.4, -0.2) is 31.4 Å². The molecular weight excluding hydrogens is 504 g/mol. The fourth-order valence-electron chi connectivity index (χ4n) is 3.47. The highest BCUT2D eigenvalue weighted by molar-refractivity contribution is 7.99. The SMILES string of the molecule is CCn1c(SCC(=O)Nc2nc(-c3ccc(C)c(C)c3)cs2)nnc1C(C)Oc1ccc(F)cc1F. The highest BCUT2D eigenvalue weighted by Crippen LogP contribution is 2.28. The van der Waals surface area contributed by atoms with Crippen molar-refractivity contribution in [1.82, 2.24) is 19.7 Å². The smallest absolute Gasteiger partial charge is 0.236 e. The van der Waals surface area contributed by atoms with Gasteiger partial charge in [0, 0.05) is 23.6 Å². The van der Waals surface area contributed by atoms with Crippen LogP contribution in [0, 0.1) is 25.5 Å². The molecule has 7 nitrogen and oxygen atoms in total. The summed E-state index contributed by atoms with van der Waals surface area (Å²) >= 11 is 2.60. The van der Waals surface area contributed by atoms with Gasteiger partial charge >= 0.3 is 0 Å². The van der Waals surface area contributed by atoms with Crippen molar-refractivity contribution in [2.24, 2.45) is 0 Å². The summed E-state index contributed by atoms with van der Waals surface area (Å²) in [7, 11) is 0. The molecule has 1 N–H and O–H groups in total. The van der Waals surface area contributed by atoms with Crippen LogP contribution in [0.15, 0.2) is 46.9 Å². The molecule has 0 aliphatic carbocycles. The van der Waals surface area contributed by atoms with Crippen LogP contribution in [0.5, 0.6) is 5.75 Å². The van der Waals surface area contributed by atoms with E-state index in [-0.39, 0.29) is 17.4 Å². The molecule has 2 aromatic heterocycles. The van der Waals surface area contributed by atoms with Crippen LogP contribution in [0.4, 0.5) is 13.9 Å². The molecule has 1 atom stereocenters. The number of thiazole rings is 1. The summed E-state index contributed by atoms with van der Waals surface area (Å²) in [4.78, 5) is 17.1. The van der Waals surface area contributed by atoms with E-state index in [1.807, 2.05) is 18.4 Å². The van der Waals surface area contributed by atoms with Gasteiger partial charge in [-0.05, 0) is 57.0 Å². The summed E-state index contributed by atoms with van der Waals surface area (Å²) in [6.07, 6.45) is -0.639. The second kappa shape index (κ2) is 11.2. The summed E-state index contributed by atoms with van der Waals surface area (Å²) in [6, 6.07) is 9.28. The average Bonchev–Trinajstić information content (AvgIpc) is 3.48. The van der Waals surface area contributed by atoms with Gasteiger partial charge in [0.05, 0.1) is 11.4 Å². The topological polar surface area (TPSA) is 81.9 Å². The van der Waals surface area contributed by atoms with Gasteiger partial charge in [-0.1, -0.05) is 23.9 Å². The van der Waals surface area contributed by atoms with Crippen LogP contribution in [0.3, 0.4) is 0 Å². The van der Waals surface area contributed by atoms with Crippen LogP contribution in [0.1, 0.15) is 36.9 Å². The Morgan fingerprint density at radius 1 is 1.17 bits per heavy atom. The molecule has 0 saturated carbocycles. The summed E-state index contributed by atoms with van der Waals surface area (Å²) in [6.45, 7) is 8.25. The number of rotatable bonds is 9. The van der Waals surface area contributed by atoms with Gasteiger partial charge < -0.3 is 14.6 Å². The van der Waals surface area contributed by atoms with Crippen molar-refractivity contribution in [2.75, 3.05) is 11.1 Å². The van der Waals surface area contributed by atoms with Crippen LogP contribution in [0.25, 0.3) is 11.3 Å². The van der Waals surface area contributed by atoms with Crippen molar-refractivity contribution >= 4 is 34.1 Å². The fourth-order valence-corrected chi connectivity index (χ4v) is 5.01. The fraction of sp³-hybridized carbons (Fsp3) is 0.280. The summed E-state index contributed by atoms with van der Waals surface area (Å²) in [5.41, 5.74) is 4.22. The van der Waals surface area contributed by atoms with Crippen molar-refractivity contribution in [2.45, 2.75) is 45.5 Å². The number of ether oxygens (including phenoxy) is 1. The molecule has 4 aromatic rings. The maximum absolute atomic E-state index is 14.0. The first-order chi connectivity index (χ1) is 17.2. The number of nitrogens with zero attached hydrogens (tertiary/aromatic N) is 4. The van der Waals surface area contributed by atoms with Crippen LogP contribution < -0.4 is 10.1 Å². The molecule has 36 heavy (non-hydrogen) atoms. The number of anilines is 1. The second-order valence-electron chi connectivity index (χ2n) is 8.09. The van der Waals surface area contributed by atoms with E-state index in [9.17, 15) is 13.6 Å². The highest BCUT2D eigenvalue weighted by atomic mass is 32.2. The summed E-state index contributed by atoms with van der Waals surface area (Å²) in [5.74, 6) is -1.18. The van der Waals surface area contributed by atoms with Crippen molar-refractivity contribution in [3.05, 3.63) is 70.4 Å². The van der Waals surface area contributed by atoms with E-state index >= 15 is 0 Å².